The van der Waals surface area contributed by atoms with Crippen LogP contribution in [0.1, 0.15) is 66.5 Å². The van der Waals surface area contributed by atoms with Crippen molar-refractivity contribution in [1.29, 1.82) is 0 Å². The molecule has 0 atom stereocenters. The molecular formula is C75H64N4O. The molecule has 0 amide bonds. The number of pyridine rings is 1. The van der Waals surface area contributed by atoms with Crippen LogP contribution >= 0.6 is 0 Å². The molecule has 0 unspecified atom stereocenters. The van der Waals surface area contributed by atoms with Crippen molar-refractivity contribution < 1.29 is 13.0 Å². The van der Waals surface area contributed by atoms with Gasteiger partial charge in [0.05, 0.1) is 32.2 Å². The van der Waals surface area contributed by atoms with Gasteiger partial charge >= 0.3 is 0 Å². The summed E-state index contributed by atoms with van der Waals surface area (Å²) in [6, 6.07) is 75.5. The van der Waals surface area contributed by atoms with Crippen molar-refractivity contribution in [2.75, 3.05) is 16.5 Å². The fourth-order valence-electron chi connectivity index (χ4n) is 11.3. The molecule has 0 N–H and O–H groups in total. The van der Waals surface area contributed by atoms with Gasteiger partial charge in [0.1, 0.15) is 24.0 Å². The molecule has 1 aliphatic rings. The van der Waals surface area contributed by atoms with E-state index in [2.05, 4.69) is 186 Å². The van der Waals surface area contributed by atoms with E-state index in [4.69, 9.17) is 13.8 Å². The van der Waals surface area contributed by atoms with Crippen LogP contribution in [0, 0.1) is 6.85 Å². The van der Waals surface area contributed by atoms with Gasteiger partial charge < -0.3 is 14.5 Å². The fourth-order valence-corrected chi connectivity index (χ4v) is 11.3. The lowest BCUT2D eigenvalue weighted by atomic mass is 9.85. The molecule has 12 aromatic rings. The predicted molar refractivity (Wildman–Crippen MR) is 336 cm³/mol. The molecule has 0 aliphatic carbocycles. The van der Waals surface area contributed by atoms with Crippen LogP contribution in [-0.2, 0) is 10.8 Å². The van der Waals surface area contributed by atoms with Gasteiger partial charge in [-0.1, -0.05) is 211 Å². The van der Waals surface area contributed by atoms with Gasteiger partial charge in [0.15, 0.2) is 0 Å². The average Bonchev–Trinajstić information content (AvgIpc) is 2.44. The normalized spacial score (nSPS) is 13.8. The van der Waals surface area contributed by atoms with E-state index in [0.29, 0.717) is 28.3 Å². The van der Waals surface area contributed by atoms with E-state index >= 15 is 0 Å². The highest BCUT2D eigenvalue weighted by Gasteiger charge is 2.32. The van der Waals surface area contributed by atoms with Crippen molar-refractivity contribution >= 4 is 44.6 Å². The molecule has 0 radical (unpaired) electrons. The van der Waals surface area contributed by atoms with Crippen LogP contribution in [0.4, 0.5) is 22.7 Å². The molecule has 13 rings (SSSR count). The van der Waals surface area contributed by atoms with Crippen LogP contribution in [0.3, 0.4) is 0 Å². The lowest BCUT2D eigenvalue weighted by Gasteiger charge is -2.28. The zero-order valence-electron chi connectivity index (χ0n) is 51.8. The summed E-state index contributed by atoms with van der Waals surface area (Å²) >= 11 is 0. The average molecular weight is 1040 g/mol. The van der Waals surface area contributed by atoms with Gasteiger partial charge in [-0.2, -0.15) is 0 Å². The Labute approximate surface area is 479 Å². The monoisotopic (exact) mass is 1040 g/mol. The summed E-state index contributed by atoms with van der Waals surface area (Å²) < 4.78 is 63.4. The molecule has 2 aromatic heterocycles. The highest BCUT2D eigenvalue weighted by molar-refractivity contribution is 6.11. The van der Waals surface area contributed by atoms with E-state index < -0.39 is 6.85 Å². The van der Waals surface area contributed by atoms with Gasteiger partial charge in [0.2, 0.25) is 0 Å². The van der Waals surface area contributed by atoms with Gasteiger partial charge in [-0.15, -0.1) is 0 Å². The third kappa shape index (κ3) is 9.39. The van der Waals surface area contributed by atoms with Gasteiger partial charge in [-0.25, -0.2) is 4.98 Å². The molecular weight excluding hydrogens is 973 g/mol. The maximum atomic E-state index is 9.59. The van der Waals surface area contributed by atoms with Gasteiger partial charge in [-0.3, -0.25) is 4.57 Å². The summed E-state index contributed by atoms with van der Waals surface area (Å²) in [5, 5.41) is 1.81. The Hall–Kier alpha value is -9.45. The largest absolute Gasteiger partial charge is 0.457 e. The Bertz CT molecular complexity index is 4560. The molecule has 0 fully saturated rings. The van der Waals surface area contributed by atoms with Crippen LogP contribution in [0.25, 0.3) is 83.3 Å². The van der Waals surface area contributed by atoms with Gasteiger partial charge in [-0.05, 0) is 134 Å². The van der Waals surface area contributed by atoms with Crippen molar-refractivity contribution in [2.24, 2.45) is 0 Å². The number of fused-ring (bicyclic) bond motifs is 4. The zero-order valence-corrected chi connectivity index (χ0v) is 45.8. The molecule has 80 heavy (non-hydrogen) atoms. The Morgan fingerprint density at radius 3 is 1.73 bits per heavy atom. The number of aryl methyl sites for hydroxylation is 1. The second-order valence-corrected chi connectivity index (χ2v) is 22.9. The minimum atomic E-state index is -2.46. The van der Waals surface area contributed by atoms with Crippen molar-refractivity contribution in [3.63, 3.8) is 0 Å². The van der Waals surface area contributed by atoms with Crippen LogP contribution < -0.4 is 14.5 Å². The topological polar surface area (TPSA) is 33.5 Å². The van der Waals surface area contributed by atoms with E-state index in [1.54, 1.807) is 18.3 Å². The van der Waals surface area contributed by atoms with Crippen molar-refractivity contribution in [1.82, 2.24) is 9.55 Å². The number of anilines is 4. The van der Waals surface area contributed by atoms with E-state index in [1.807, 2.05) is 82.3 Å². The molecule has 5 nitrogen and oxygen atoms in total. The summed E-state index contributed by atoms with van der Waals surface area (Å²) in [5.41, 5.74) is 17.1. The van der Waals surface area contributed by atoms with Crippen LogP contribution in [0.15, 0.2) is 249 Å². The van der Waals surface area contributed by atoms with E-state index in [9.17, 15) is 4.11 Å². The number of nitrogens with zero attached hydrogens (tertiary/aromatic N) is 4. The number of rotatable bonds is 10. The van der Waals surface area contributed by atoms with Crippen LogP contribution in [0.2, 0.25) is 0 Å². The Kier molecular flexibility index (Phi) is 10.9. The number of aromatic nitrogens is 2. The van der Waals surface area contributed by atoms with E-state index in [1.165, 1.54) is 11.1 Å². The lowest BCUT2D eigenvalue weighted by molar-refractivity contribution is 0.483. The second-order valence-electron chi connectivity index (χ2n) is 22.9. The summed E-state index contributed by atoms with van der Waals surface area (Å²) in [5.74, 6) is 0.900. The quantitative estimate of drug-likeness (QED) is 0.137. The zero-order chi connectivity index (χ0) is 59.8. The van der Waals surface area contributed by atoms with Crippen molar-refractivity contribution in [2.45, 2.75) is 59.2 Å². The first-order valence-electron chi connectivity index (χ1n) is 30.4. The number of benzene rings is 10. The molecule has 5 heteroatoms. The smallest absolute Gasteiger partial charge is 0.137 e. The molecule has 390 valence electrons. The SMILES string of the molecule is [2H]c1c(Oc2ccc3c4cc(-c5ccc(C(C)(C)C)cc5)ccc4n(-c4cc(C([2H])([2H])[2H])c(-c5ccccc5)cn4)c3c2)cc(N2CN(c3c(-c4ccc(C(C)(C)C)cc4)cccc3-c3cccc(-c4ccccc4)c3)c3ccccc32)c([2H])c1[2H]. The molecule has 10 aromatic carbocycles. The standard InChI is InChI=1S/C75H64N4O/c1-50-43-72(76-48-67(50)53-21-12-9-13-22-53)79-68-42-35-56(52-31-36-58(37-32-52)74(2,3)4)45-66(68)65-41-40-62(47-71(65)79)80-61-26-17-25-60(46-61)77-49-78(70-30-15-14-29-69(70)77)73-63(54-33-38-59(39-34-54)75(5,6)7)27-18-28-64(73)57-24-16-23-55(44-57)51-19-10-8-11-20-51/h8-48H,49H2,1-7H3/i1D3,17D,25D,26D. The predicted octanol–water partition coefficient (Wildman–Crippen LogP) is 20.5. The van der Waals surface area contributed by atoms with Crippen LogP contribution in [-0.4, -0.2) is 16.2 Å². The number of hydrogen-bond acceptors (Lipinski definition) is 4. The third-order valence-electron chi connectivity index (χ3n) is 15.6. The minimum Gasteiger partial charge on any atom is -0.457 e. The summed E-state index contributed by atoms with van der Waals surface area (Å²) in [4.78, 5) is 9.35. The number of ether oxygens (including phenoxy) is 1. The maximum absolute atomic E-state index is 9.59. The van der Waals surface area contributed by atoms with E-state index in [0.717, 1.165) is 83.4 Å². The highest BCUT2D eigenvalue weighted by Crippen LogP contribution is 2.51. The molecule has 0 bridgehead atoms. The minimum absolute atomic E-state index is 0.00422. The van der Waals surface area contributed by atoms with Gasteiger partial charge in [0, 0.05) is 55.6 Å². The fraction of sp³-hybridized carbons (Fsp3) is 0.133. The molecule has 0 spiro atoms. The number of hydrogen-bond donors (Lipinski definition) is 0. The summed E-state index contributed by atoms with van der Waals surface area (Å²) in [6.07, 6.45) is 1.65. The molecule has 0 saturated heterocycles. The Morgan fingerprint density at radius 2 is 1.02 bits per heavy atom. The second kappa shape index (κ2) is 20.1. The lowest BCUT2D eigenvalue weighted by Crippen LogP contribution is -2.25. The van der Waals surface area contributed by atoms with Gasteiger partial charge in [0.25, 0.3) is 0 Å². The first kappa shape index (κ1) is 43.5. The molecule has 3 heterocycles. The summed E-state index contributed by atoms with van der Waals surface area (Å²) in [6.45, 7) is 11.1. The third-order valence-corrected chi connectivity index (χ3v) is 15.6. The van der Waals surface area contributed by atoms with E-state index in [-0.39, 0.29) is 46.9 Å². The van der Waals surface area contributed by atoms with Crippen molar-refractivity contribution in [3.8, 4) is 73.0 Å². The van der Waals surface area contributed by atoms with Crippen LogP contribution in [0.5, 0.6) is 11.5 Å². The van der Waals surface area contributed by atoms with Crippen molar-refractivity contribution in [3.05, 3.63) is 265 Å². The first-order chi connectivity index (χ1) is 41.3. The number of para-hydroxylation sites is 3. The molecule has 1 aliphatic heterocycles. The Balaban J connectivity index is 0.929. The molecule has 0 saturated carbocycles. The Morgan fingerprint density at radius 1 is 0.450 bits per heavy atom. The first-order valence-corrected chi connectivity index (χ1v) is 27.4. The maximum Gasteiger partial charge on any atom is 0.137 e. The highest BCUT2D eigenvalue weighted by atomic mass is 16.5. The summed E-state index contributed by atoms with van der Waals surface area (Å²) in [7, 11) is 0.